The molecule has 0 radical (unpaired) electrons. The number of allylic oxidation sites excluding steroid dienone is 2. The molecule has 4 nitrogen and oxygen atoms in total. The highest BCUT2D eigenvalue weighted by molar-refractivity contribution is 6.09. The Hall–Kier alpha value is -2.85. The molecule has 0 aromatic heterocycles. The van der Waals surface area contributed by atoms with Crippen LogP contribution in [0.1, 0.15) is 18.4 Å². The molecule has 110 valence electrons. The van der Waals surface area contributed by atoms with E-state index in [9.17, 15) is 15.3 Å². The highest BCUT2D eigenvalue weighted by Gasteiger charge is 2.62. The molecule has 1 aromatic rings. The van der Waals surface area contributed by atoms with Gasteiger partial charge in [-0.3, -0.25) is 4.79 Å². The topological polar surface area (TPSA) is 67.9 Å². The average Bonchev–Trinajstić information content (AvgIpc) is 2.77. The number of amides is 1. The number of likely N-dealkylation sites (N-methyl/N-ethyl adjacent to an activating group) is 1. The molecule has 1 aromatic carbocycles. The van der Waals surface area contributed by atoms with Gasteiger partial charge >= 0.3 is 0 Å². The molecule has 1 heterocycles. The fraction of sp³-hybridized carbons (Fsp3) is 0.278. The summed E-state index contributed by atoms with van der Waals surface area (Å²) in [5, 5.41) is 19.5. The highest BCUT2D eigenvalue weighted by Crippen LogP contribution is 2.55. The van der Waals surface area contributed by atoms with E-state index in [-0.39, 0.29) is 18.7 Å². The number of carbonyl (C=O) groups is 1. The van der Waals surface area contributed by atoms with Crippen molar-refractivity contribution in [3.8, 4) is 12.1 Å². The number of benzene rings is 1. The monoisotopic (exact) mass is 291 g/mol. The predicted octanol–water partition coefficient (Wildman–Crippen LogP) is 3.09. The lowest BCUT2D eigenvalue weighted by molar-refractivity contribution is -0.125. The first-order chi connectivity index (χ1) is 10.5. The Bertz CT molecular complexity index is 709. The second-order valence-electron chi connectivity index (χ2n) is 5.40. The van der Waals surface area contributed by atoms with Crippen LogP contribution >= 0.6 is 0 Å². The van der Waals surface area contributed by atoms with Gasteiger partial charge in [0.25, 0.3) is 0 Å². The number of nitrogens with zero attached hydrogens (tertiary/aromatic N) is 3. The lowest BCUT2D eigenvalue weighted by atomic mass is 9.58. The molecule has 1 aliphatic heterocycles. The Morgan fingerprint density at radius 1 is 1.27 bits per heavy atom. The minimum Gasteiger partial charge on any atom is -0.314 e. The lowest BCUT2D eigenvalue weighted by Crippen LogP contribution is -2.50. The number of carbonyl (C=O) groups excluding carboxylic acids is 1. The fourth-order valence-electron chi connectivity index (χ4n) is 3.34. The van der Waals surface area contributed by atoms with Crippen molar-refractivity contribution in [1.82, 2.24) is 0 Å². The van der Waals surface area contributed by atoms with Crippen molar-refractivity contribution in [1.29, 1.82) is 10.5 Å². The molecule has 1 unspecified atom stereocenters. The molecule has 0 aliphatic carbocycles. The van der Waals surface area contributed by atoms with Gasteiger partial charge in [0.2, 0.25) is 5.91 Å². The van der Waals surface area contributed by atoms with Gasteiger partial charge in [-0.2, -0.15) is 10.5 Å². The van der Waals surface area contributed by atoms with Crippen LogP contribution in [-0.2, 0) is 10.2 Å². The molecule has 0 N–H and O–H groups in total. The highest BCUT2D eigenvalue weighted by atomic mass is 16.2. The van der Waals surface area contributed by atoms with E-state index in [2.05, 4.69) is 25.3 Å². The van der Waals surface area contributed by atoms with Crippen molar-refractivity contribution in [2.45, 2.75) is 18.3 Å². The summed E-state index contributed by atoms with van der Waals surface area (Å²) in [5.41, 5.74) is -1.33. The van der Waals surface area contributed by atoms with Gasteiger partial charge < -0.3 is 4.90 Å². The Morgan fingerprint density at radius 3 is 2.45 bits per heavy atom. The maximum absolute atomic E-state index is 13.1. The van der Waals surface area contributed by atoms with Crippen LogP contribution < -0.4 is 4.90 Å². The third kappa shape index (κ3) is 1.71. The maximum Gasteiger partial charge on any atom is 0.240 e. The molecule has 0 fully saturated rings. The maximum atomic E-state index is 13.1. The number of para-hydroxylation sites is 1. The zero-order valence-corrected chi connectivity index (χ0v) is 12.5. The summed E-state index contributed by atoms with van der Waals surface area (Å²) in [7, 11) is 1.67. The van der Waals surface area contributed by atoms with Gasteiger partial charge in [-0.05, 0) is 24.5 Å². The van der Waals surface area contributed by atoms with Crippen molar-refractivity contribution >= 4 is 11.6 Å². The molecule has 4 heteroatoms. The number of fused-ring (bicyclic) bond motifs is 1. The fourth-order valence-corrected chi connectivity index (χ4v) is 3.34. The summed E-state index contributed by atoms with van der Waals surface area (Å²) in [6.07, 6.45) is 3.45. The van der Waals surface area contributed by atoms with E-state index in [0.29, 0.717) is 5.56 Å². The molecule has 1 atom stereocenters. The summed E-state index contributed by atoms with van der Waals surface area (Å²) in [4.78, 5) is 14.6. The summed E-state index contributed by atoms with van der Waals surface area (Å²) >= 11 is 0. The standard InChI is InChI=1S/C18H17N3O/c1-4-10-17(12-19,13-20)18(11-5-2)14-8-6-7-9-15(14)21(3)16(18)22/h4-9H,1-2,10-11H2,3H3. The van der Waals surface area contributed by atoms with Crippen LogP contribution in [0, 0.1) is 28.1 Å². The van der Waals surface area contributed by atoms with Gasteiger partial charge in [-0.25, -0.2) is 0 Å². The van der Waals surface area contributed by atoms with Gasteiger partial charge in [-0.15, -0.1) is 13.2 Å². The molecule has 0 saturated heterocycles. The molecule has 1 amide bonds. The minimum absolute atomic E-state index is 0.113. The van der Waals surface area contributed by atoms with Gasteiger partial charge in [0, 0.05) is 12.7 Å². The van der Waals surface area contributed by atoms with Crippen LogP contribution in [0.25, 0.3) is 0 Å². The summed E-state index contributed by atoms with van der Waals surface area (Å²) < 4.78 is 0. The zero-order chi connectivity index (χ0) is 16.4. The summed E-state index contributed by atoms with van der Waals surface area (Å²) in [5.74, 6) is -0.251. The van der Waals surface area contributed by atoms with Crippen LogP contribution in [0.3, 0.4) is 0 Å². The van der Waals surface area contributed by atoms with E-state index in [1.54, 1.807) is 13.1 Å². The lowest BCUT2D eigenvalue weighted by Gasteiger charge is -2.37. The van der Waals surface area contributed by atoms with Crippen molar-refractivity contribution in [2.75, 3.05) is 11.9 Å². The smallest absolute Gasteiger partial charge is 0.240 e. The molecule has 0 saturated carbocycles. The van der Waals surface area contributed by atoms with E-state index < -0.39 is 10.8 Å². The Kier molecular flexibility index (Phi) is 3.89. The molecule has 0 spiro atoms. The van der Waals surface area contributed by atoms with Crippen LogP contribution in [0.5, 0.6) is 0 Å². The van der Waals surface area contributed by atoms with E-state index in [4.69, 9.17) is 0 Å². The summed E-state index contributed by atoms with van der Waals surface area (Å²) in [6.45, 7) is 7.38. The van der Waals surface area contributed by atoms with E-state index in [1.807, 2.05) is 24.3 Å². The molecule has 0 bridgehead atoms. The van der Waals surface area contributed by atoms with Crippen molar-refractivity contribution in [3.05, 3.63) is 55.1 Å². The van der Waals surface area contributed by atoms with Crippen LogP contribution in [0.4, 0.5) is 5.69 Å². The molecular formula is C18H17N3O. The minimum atomic E-state index is -1.51. The number of hydrogen-bond acceptors (Lipinski definition) is 3. The molecule has 1 aliphatic rings. The van der Waals surface area contributed by atoms with E-state index in [1.165, 1.54) is 11.0 Å². The SMILES string of the molecule is C=CCC(C#N)(C#N)C1(CC=C)C(=O)N(C)c2ccccc21. The van der Waals surface area contributed by atoms with Gasteiger partial charge in [0.15, 0.2) is 5.41 Å². The first-order valence-corrected chi connectivity index (χ1v) is 6.96. The van der Waals surface area contributed by atoms with Crippen LogP contribution in [0.2, 0.25) is 0 Å². The van der Waals surface area contributed by atoms with Gasteiger partial charge in [0.05, 0.1) is 12.1 Å². The average molecular weight is 291 g/mol. The van der Waals surface area contributed by atoms with Crippen molar-refractivity contribution < 1.29 is 4.79 Å². The number of hydrogen-bond donors (Lipinski definition) is 0. The van der Waals surface area contributed by atoms with Gasteiger partial charge in [-0.1, -0.05) is 30.4 Å². The third-order valence-electron chi connectivity index (χ3n) is 4.41. The zero-order valence-electron chi connectivity index (χ0n) is 12.5. The quantitative estimate of drug-likeness (QED) is 0.783. The van der Waals surface area contributed by atoms with Gasteiger partial charge in [0.1, 0.15) is 5.41 Å². The van der Waals surface area contributed by atoms with Crippen LogP contribution in [-0.4, -0.2) is 13.0 Å². The Labute approximate surface area is 130 Å². The molecule has 2 rings (SSSR count). The molecular weight excluding hydrogens is 274 g/mol. The first-order valence-electron chi connectivity index (χ1n) is 6.96. The molecule has 22 heavy (non-hydrogen) atoms. The largest absolute Gasteiger partial charge is 0.314 e. The van der Waals surface area contributed by atoms with Crippen LogP contribution in [0.15, 0.2) is 49.6 Å². The van der Waals surface area contributed by atoms with Crippen molar-refractivity contribution in [3.63, 3.8) is 0 Å². The normalized spacial score (nSPS) is 20.0. The first kappa shape index (κ1) is 15.5. The van der Waals surface area contributed by atoms with E-state index in [0.717, 1.165) is 5.69 Å². The second kappa shape index (κ2) is 5.50. The number of nitriles is 2. The number of rotatable bonds is 5. The Balaban J connectivity index is 2.88. The third-order valence-corrected chi connectivity index (χ3v) is 4.41. The second-order valence-corrected chi connectivity index (χ2v) is 5.40. The van der Waals surface area contributed by atoms with Crippen molar-refractivity contribution in [2.24, 2.45) is 5.41 Å². The van der Waals surface area contributed by atoms with E-state index >= 15 is 0 Å². The Morgan fingerprint density at radius 2 is 1.91 bits per heavy atom. The summed E-state index contributed by atoms with van der Waals surface area (Å²) in [6, 6.07) is 11.5. The predicted molar refractivity (Wildman–Crippen MR) is 84.8 cm³/mol. The number of anilines is 1.